The molecular formula is C18H12Cl2F3N3O. The number of hydrogen-bond acceptors (Lipinski definition) is 3. The van der Waals surface area contributed by atoms with Gasteiger partial charge in [-0.25, -0.2) is 4.98 Å². The quantitative estimate of drug-likeness (QED) is 0.625. The first-order valence-corrected chi connectivity index (χ1v) is 8.45. The smallest absolute Gasteiger partial charge is 0.326 e. The lowest BCUT2D eigenvalue weighted by Crippen LogP contribution is -2.29. The van der Waals surface area contributed by atoms with Crippen LogP contribution in [0.3, 0.4) is 0 Å². The first kappa shape index (κ1) is 19.3. The summed E-state index contributed by atoms with van der Waals surface area (Å²) < 4.78 is 40.7. The van der Waals surface area contributed by atoms with Gasteiger partial charge in [-0.3, -0.25) is 9.36 Å². The van der Waals surface area contributed by atoms with Crippen molar-refractivity contribution in [3.8, 4) is 0 Å². The number of nitrogens with one attached hydrogen (secondary N) is 1. The molecule has 0 aliphatic carbocycles. The van der Waals surface area contributed by atoms with Gasteiger partial charge in [-0.15, -0.1) is 0 Å². The maximum atomic E-state index is 13.2. The van der Waals surface area contributed by atoms with E-state index in [2.05, 4.69) is 10.3 Å². The molecule has 0 saturated heterocycles. The molecule has 0 bridgehead atoms. The van der Waals surface area contributed by atoms with Crippen LogP contribution < -0.4 is 10.9 Å². The average molecular weight is 414 g/mol. The van der Waals surface area contributed by atoms with E-state index in [9.17, 15) is 18.0 Å². The van der Waals surface area contributed by atoms with Gasteiger partial charge in [-0.1, -0.05) is 53.5 Å². The molecule has 0 aliphatic heterocycles. The van der Waals surface area contributed by atoms with E-state index in [1.807, 2.05) is 0 Å². The highest BCUT2D eigenvalue weighted by atomic mass is 35.5. The predicted molar refractivity (Wildman–Crippen MR) is 98.8 cm³/mol. The second-order valence-corrected chi connectivity index (χ2v) is 6.42. The van der Waals surface area contributed by atoms with Crippen LogP contribution in [0.5, 0.6) is 0 Å². The Hall–Kier alpha value is -2.51. The first-order valence-electron chi connectivity index (χ1n) is 7.70. The summed E-state index contributed by atoms with van der Waals surface area (Å²) in [7, 11) is 0. The first-order chi connectivity index (χ1) is 12.8. The summed E-state index contributed by atoms with van der Waals surface area (Å²) in [6, 6.07) is 15.0. The van der Waals surface area contributed by atoms with Crippen molar-refractivity contribution in [3.63, 3.8) is 0 Å². The third-order valence-electron chi connectivity index (χ3n) is 3.67. The van der Waals surface area contributed by atoms with Gasteiger partial charge in [0.25, 0.3) is 5.56 Å². The molecule has 0 saturated carbocycles. The van der Waals surface area contributed by atoms with Crippen LogP contribution in [-0.2, 0) is 12.7 Å². The van der Waals surface area contributed by atoms with E-state index < -0.39 is 22.5 Å². The molecule has 1 N–H and O–H groups in total. The molecule has 3 rings (SSSR count). The van der Waals surface area contributed by atoms with Crippen LogP contribution in [0.4, 0.5) is 24.8 Å². The van der Waals surface area contributed by atoms with E-state index in [1.165, 1.54) is 0 Å². The highest BCUT2D eigenvalue weighted by molar-refractivity contribution is 6.31. The van der Waals surface area contributed by atoms with Crippen molar-refractivity contribution >= 4 is 34.8 Å². The van der Waals surface area contributed by atoms with Crippen molar-refractivity contribution < 1.29 is 13.2 Å². The molecule has 27 heavy (non-hydrogen) atoms. The van der Waals surface area contributed by atoms with Crippen molar-refractivity contribution in [1.82, 2.24) is 9.55 Å². The molecule has 4 nitrogen and oxygen atoms in total. The minimum absolute atomic E-state index is 0.000450. The van der Waals surface area contributed by atoms with Crippen LogP contribution in [0.15, 0.2) is 59.4 Å². The van der Waals surface area contributed by atoms with E-state index in [4.69, 9.17) is 23.2 Å². The van der Waals surface area contributed by atoms with Gasteiger partial charge in [0.1, 0.15) is 5.02 Å². The van der Waals surface area contributed by atoms with Gasteiger partial charge >= 0.3 is 6.18 Å². The van der Waals surface area contributed by atoms with Crippen LogP contribution in [0.1, 0.15) is 11.3 Å². The Morgan fingerprint density at radius 1 is 1.00 bits per heavy atom. The summed E-state index contributed by atoms with van der Waals surface area (Å²) in [5.74, 6) is -0.275. The molecule has 0 aliphatic rings. The molecule has 0 fully saturated rings. The van der Waals surface area contributed by atoms with E-state index in [1.54, 1.807) is 54.6 Å². The number of nitrogens with zero attached hydrogens (tertiary/aromatic N) is 2. The molecule has 2 aromatic carbocycles. The lowest BCUT2D eigenvalue weighted by molar-refractivity contribution is -0.141. The summed E-state index contributed by atoms with van der Waals surface area (Å²) in [4.78, 5) is 16.1. The van der Waals surface area contributed by atoms with E-state index in [0.29, 0.717) is 16.3 Å². The van der Waals surface area contributed by atoms with Gasteiger partial charge in [0.05, 0.1) is 6.54 Å². The zero-order valence-corrected chi connectivity index (χ0v) is 15.1. The van der Waals surface area contributed by atoms with E-state index >= 15 is 0 Å². The van der Waals surface area contributed by atoms with Gasteiger partial charge in [0, 0.05) is 10.7 Å². The number of rotatable bonds is 4. The number of halogens is 5. The second kappa shape index (κ2) is 7.62. The second-order valence-electron chi connectivity index (χ2n) is 5.60. The molecule has 1 heterocycles. The fraction of sp³-hybridized carbons (Fsp3) is 0.111. The van der Waals surface area contributed by atoms with Crippen molar-refractivity contribution in [3.05, 3.63) is 86.3 Å². The lowest BCUT2D eigenvalue weighted by Gasteiger charge is -2.17. The summed E-state index contributed by atoms with van der Waals surface area (Å²) in [6.07, 6.45) is -4.86. The molecular weight excluding hydrogens is 402 g/mol. The number of anilines is 2. The lowest BCUT2D eigenvalue weighted by atomic mass is 10.2. The molecule has 9 heteroatoms. The molecule has 0 radical (unpaired) electrons. The van der Waals surface area contributed by atoms with Crippen LogP contribution in [0.2, 0.25) is 10.0 Å². The van der Waals surface area contributed by atoms with Gasteiger partial charge in [0.15, 0.2) is 5.69 Å². The normalized spacial score (nSPS) is 11.4. The van der Waals surface area contributed by atoms with Gasteiger partial charge in [0.2, 0.25) is 5.95 Å². The maximum Gasteiger partial charge on any atom is 0.435 e. The molecule has 1 aromatic heterocycles. The van der Waals surface area contributed by atoms with E-state index in [-0.39, 0.29) is 12.5 Å². The summed E-state index contributed by atoms with van der Waals surface area (Å²) in [5.41, 5.74) is -1.30. The third-order valence-corrected chi connectivity index (χ3v) is 4.26. The fourth-order valence-corrected chi connectivity index (χ4v) is 2.77. The largest absolute Gasteiger partial charge is 0.435 e. The van der Waals surface area contributed by atoms with Gasteiger partial charge in [-0.2, -0.15) is 13.2 Å². The standard InChI is InChI=1S/C18H12Cl2F3N3O/c19-12-6-8-13(9-7-12)24-17-25-15(18(21,22)23)14(20)16(27)26(17)10-11-4-2-1-3-5-11/h1-9H,10H2,(H,24,25). The topological polar surface area (TPSA) is 46.9 Å². The number of hydrogen-bond donors (Lipinski definition) is 1. The SMILES string of the molecule is O=c1c(Cl)c(C(F)(F)F)nc(Nc2ccc(Cl)cc2)n1Cc1ccccc1. The van der Waals surface area contributed by atoms with Crippen molar-refractivity contribution in [2.45, 2.75) is 12.7 Å². The Morgan fingerprint density at radius 3 is 2.22 bits per heavy atom. The Balaban J connectivity index is 2.13. The van der Waals surface area contributed by atoms with Crippen LogP contribution in [-0.4, -0.2) is 9.55 Å². The van der Waals surface area contributed by atoms with E-state index in [0.717, 1.165) is 4.57 Å². The molecule has 0 spiro atoms. The monoisotopic (exact) mass is 413 g/mol. The number of benzene rings is 2. The molecule has 0 atom stereocenters. The third kappa shape index (κ3) is 4.43. The Morgan fingerprint density at radius 2 is 1.63 bits per heavy atom. The highest BCUT2D eigenvalue weighted by Crippen LogP contribution is 2.32. The summed E-state index contributed by atoms with van der Waals surface area (Å²) in [5, 5.41) is 2.22. The fourth-order valence-electron chi connectivity index (χ4n) is 2.39. The number of aromatic nitrogens is 2. The minimum Gasteiger partial charge on any atom is -0.326 e. The van der Waals surface area contributed by atoms with Crippen LogP contribution >= 0.6 is 23.2 Å². The summed E-state index contributed by atoms with van der Waals surface area (Å²) >= 11 is 11.5. The van der Waals surface area contributed by atoms with Crippen LogP contribution in [0, 0.1) is 0 Å². The number of alkyl halides is 3. The minimum atomic E-state index is -4.86. The molecule has 0 amide bonds. The van der Waals surface area contributed by atoms with Crippen LogP contribution in [0.25, 0.3) is 0 Å². The average Bonchev–Trinajstić information content (AvgIpc) is 2.63. The zero-order chi connectivity index (χ0) is 19.6. The zero-order valence-electron chi connectivity index (χ0n) is 13.6. The van der Waals surface area contributed by atoms with Gasteiger partial charge < -0.3 is 5.32 Å². The molecule has 0 unspecified atom stereocenters. The summed E-state index contributed by atoms with van der Waals surface area (Å²) in [6.45, 7) is 0.000450. The van der Waals surface area contributed by atoms with Crippen molar-refractivity contribution in [2.75, 3.05) is 5.32 Å². The van der Waals surface area contributed by atoms with Crippen molar-refractivity contribution in [1.29, 1.82) is 0 Å². The van der Waals surface area contributed by atoms with Gasteiger partial charge in [-0.05, 0) is 29.8 Å². The maximum absolute atomic E-state index is 13.2. The predicted octanol–water partition coefficient (Wildman–Crippen LogP) is 5.36. The van der Waals surface area contributed by atoms with Crippen molar-refractivity contribution in [2.24, 2.45) is 0 Å². The molecule has 140 valence electrons. The Labute approximate surface area is 162 Å². The highest BCUT2D eigenvalue weighted by Gasteiger charge is 2.38. The Kier molecular flexibility index (Phi) is 5.43. The molecule has 3 aromatic rings. The Bertz CT molecular complexity index is 1000.